The third kappa shape index (κ3) is 3.92. The Labute approximate surface area is 136 Å². The van der Waals surface area contributed by atoms with Crippen LogP contribution in [0.15, 0.2) is 54.6 Å². The van der Waals surface area contributed by atoms with Crippen LogP contribution in [0.2, 0.25) is 0 Å². The Balaban J connectivity index is 0.00000176. The van der Waals surface area contributed by atoms with Gasteiger partial charge in [0.25, 0.3) is 0 Å². The smallest absolute Gasteiger partial charge is 0.311 e. The number of anilines is 2. The fourth-order valence-corrected chi connectivity index (χ4v) is 2.28. The summed E-state index contributed by atoms with van der Waals surface area (Å²) in [5, 5.41) is 3.29. The van der Waals surface area contributed by atoms with Gasteiger partial charge in [-0.25, -0.2) is 0 Å². The predicted molar refractivity (Wildman–Crippen MR) is 89.9 cm³/mol. The van der Waals surface area contributed by atoms with E-state index in [4.69, 9.17) is 10.5 Å². The molecule has 0 heterocycles. The van der Waals surface area contributed by atoms with Crippen molar-refractivity contribution < 1.29 is 9.53 Å². The van der Waals surface area contributed by atoms with Gasteiger partial charge in [0.05, 0.1) is 17.3 Å². The van der Waals surface area contributed by atoms with Gasteiger partial charge in [0, 0.05) is 6.04 Å². The van der Waals surface area contributed by atoms with Crippen molar-refractivity contribution >= 4 is 29.8 Å². The number of carbonyl (C=O) groups is 1. The molecule has 4 nitrogen and oxygen atoms in total. The molecule has 3 rings (SSSR count). The maximum atomic E-state index is 12.0. The molecule has 116 valence electrons. The number of halogens is 1. The van der Waals surface area contributed by atoms with Gasteiger partial charge in [0.2, 0.25) is 0 Å². The molecule has 22 heavy (non-hydrogen) atoms. The molecule has 0 bridgehead atoms. The standard InChI is InChI=1S/C17H18N2O2.ClH/c18-14-8-4-5-9-15(14)19-16-10-13(16)17(20)21-11-12-6-2-1-3-7-12;/h1-9,13,16,19H,10-11,18H2;1H. The Bertz CT molecular complexity index is 634. The molecule has 1 fully saturated rings. The van der Waals surface area contributed by atoms with Crippen LogP contribution in [-0.4, -0.2) is 12.0 Å². The third-order valence-corrected chi connectivity index (χ3v) is 3.62. The molecule has 1 aliphatic rings. The van der Waals surface area contributed by atoms with Crippen molar-refractivity contribution in [1.82, 2.24) is 0 Å². The second-order valence-corrected chi connectivity index (χ2v) is 5.27. The van der Waals surface area contributed by atoms with Crippen molar-refractivity contribution in [3.8, 4) is 0 Å². The maximum Gasteiger partial charge on any atom is 0.311 e. The normalized spacial score (nSPS) is 18.9. The van der Waals surface area contributed by atoms with Gasteiger partial charge >= 0.3 is 5.97 Å². The molecule has 2 aromatic rings. The maximum absolute atomic E-state index is 12.0. The van der Waals surface area contributed by atoms with Gasteiger partial charge in [0.1, 0.15) is 6.61 Å². The Hall–Kier alpha value is -2.20. The van der Waals surface area contributed by atoms with E-state index in [9.17, 15) is 4.79 Å². The number of ether oxygens (including phenoxy) is 1. The zero-order valence-electron chi connectivity index (χ0n) is 12.1. The second-order valence-electron chi connectivity index (χ2n) is 5.27. The lowest BCUT2D eigenvalue weighted by Gasteiger charge is -2.08. The van der Waals surface area contributed by atoms with Crippen LogP contribution < -0.4 is 11.1 Å². The van der Waals surface area contributed by atoms with Crippen molar-refractivity contribution in [3.63, 3.8) is 0 Å². The Morgan fingerprint density at radius 2 is 1.82 bits per heavy atom. The lowest BCUT2D eigenvalue weighted by atomic mass is 10.2. The van der Waals surface area contributed by atoms with Gasteiger partial charge in [-0.05, 0) is 24.1 Å². The van der Waals surface area contributed by atoms with Crippen LogP contribution >= 0.6 is 12.4 Å². The van der Waals surface area contributed by atoms with Gasteiger partial charge in [-0.1, -0.05) is 42.5 Å². The molecule has 2 aromatic carbocycles. The highest BCUT2D eigenvalue weighted by molar-refractivity contribution is 5.85. The van der Waals surface area contributed by atoms with Crippen molar-refractivity contribution in [2.75, 3.05) is 11.1 Å². The first-order valence-corrected chi connectivity index (χ1v) is 7.05. The monoisotopic (exact) mass is 318 g/mol. The minimum atomic E-state index is -0.147. The van der Waals surface area contributed by atoms with Crippen LogP contribution in [0.3, 0.4) is 0 Å². The van der Waals surface area contributed by atoms with Gasteiger partial charge < -0.3 is 15.8 Å². The van der Waals surface area contributed by atoms with E-state index in [-0.39, 0.29) is 30.3 Å². The molecule has 0 saturated heterocycles. The zero-order chi connectivity index (χ0) is 14.7. The summed E-state index contributed by atoms with van der Waals surface area (Å²) >= 11 is 0. The predicted octanol–water partition coefficient (Wildman–Crippen LogP) is 3.23. The molecule has 1 aliphatic carbocycles. The largest absolute Gasteiger partial charge is 0.461 e. The SMILES string of the molecule is Cl.Nc1ccccc1NC1CC1C(=O)OCc1ccccc1. The minimum absolute atomic E-state index is 0. The molecule has 0 spiro atoms. The Morgan fingerprint density at radius 1 is 1.14 bits per heavy atom. The molecule has 0 radical (unpaired) electrons. The second kappa shape index (κ2) is 7.18. The van der Waals surface area contributed by atoms with Crippen LogP contribution in [0.25, 0.3) is 0 Å². The van der Waals surface area contributed by atoms with Crippen LogP contribution in [0.1, 0.15) is 12.0 Å². The first-order chi connectivity index (χ1) is 10.2. The van der Waals surface area contributed by atoms with Crippen LogP contribution in [-0.2, 0) is 16.1 Å². The summed E-state index contributed by atoms with van der Waals surface area (Å²) in [7, 11) is 0. The van der Waals surface area contributed by atoms with Gasteiger partial charge in [-0.3, -0.25) is 4.79 Å². The molecule has 5 heteroatoms. The number of rotatable bonds is 5. The summed E-state index contributed by atoms with van der Waals surface area (Å²) in [6.07, 6.45) is 0.794. The number of hydrogen-bond acceptors (Lipinski definition) is 4. The average Bonchev–Trinajstić information content (AvgIpc) is 3.28. The number of hydrogen-bond donors (Lipinski definition) is 2. The molecule has 2 atom stereocenters. The molecule has 0 aromatic heterocycles. The number of carbonyl (C=O) groups excluding carboxylic acids is 1. The first kappa shape index (κ1) is 16.2. The zero-order valence-corrected chi connectivity index (χ0v) is 12.9. The first-order valence-electron chi connectivity index (χ1n) is 7.05. The van der Waals surface area contributed by atoms with E-state index in [1.165, 1.54) is 0 Å². The number of esters is 1. The Kier molecular flexibility index (Phi) is 5.28. The summed E-state index contributed by atoms with van der Waals surface area (Å²) in [5.41, 5.74) is 8.45. The van der Waals surface area contributed by atoms with E-state index < -0.39 is 0 Å². The number of para-hydroxylation sites is 2. The summed E-state index contributed by atoms with van der Waals surface area (Å²) in [6.45, 7) is 0.330. The Morgan fingerprint density at radius 3 is 2.55 bits per heavy atom. The van der Waals surface area contributed by atoms with Crippen LogP contribution in [0, 0.1) is 5.92 Å². The van der Waals surface area contributed by atoms with Crippen molar-refractivity contribution in [2.45, 2.75) is 19.1 Å². The van der Waals surface area contributed by atoms with Crippen LogP contribution in [0.4, 0.5) is 11.4 Å². The van der Waals surface area contributed by atoms with Gasteiger partial charge in [-0.2, -0.15) is 0 Å². The molecule has 0 amide bonds. The molecule has 1 saturated carbocycles. The molecular weight excluding hydrogens is 300 g/mol. The summed E-state index contributed by atoms with van der Waals surface area (Å²) in [6, 6.07) is 17.4. The summed E-state index contributed by atoms with van der Waals surface area (Å²) in [4.78, 5) is 12.0. The fourth-order valence-electron chi connectivity index (χ4n) is 2.28. The quantitative estimate of drug-likeness (QED) is 0.656. The van der Waals surface area contributed by atoms with E-state index in [1.807, 2.05) is 54.6 Å². The average molecular weight is 319 g/mol. The number of nitrogens with one attached hydrogen (secondary N) is 1. The van der Waals surface area contributed by atoms with E-state index in [0.717, 1.165) is 17.7 Å². The summed E-state index contributed by atoms with van der Waals surface area (Å²) < 4.78 is 5.34. The van der Waals surface area contributed by atoms with Gasteiger partial charge in [-0.15, -0.1) is 12.4 Å². The van der Waals surface area contributed by atoms with Crippen molar-refractivity contribution in [3.05, 3.63) is 60.2 Å². The number of nitrogens with two attached hydrogens (primary N) is 1. The van der Waals surface area contributed by atoms with Crippen molar-refractivity contribution in [1.29, 1.82) is 0 Å². The van der Waals surface area contributed by atoms with Crippen LogP contribution in [0.5, 0.6) is 0 Å². The van der Waals surface area contributed by atoms with E-state index in [1.54, 1.807) is 0 Å². The topological polar surface area (TPSA) is 64.3 Å². The molecule has 0 aliphatic heterocycles. The lowest BCUT2D eigenvalue weighted by molar-refractivity contribution is -0.146. The molecule has 2 unspecified atom stereocenters. The highest BCUT2D eigenvalue weighted by Gasteiger charge is 2.44. The number of benzene rings is 2. The lowest BCUT2D eigenvalue weighted by Crippen LogP contribution is -2.14. The van der Waals surface area contributed by atoms with Crippen molar-refractivity contribution in [2.24, 2.45) is 5.92 Å². The fraction of sp³-hybridized carbons (Fsp3) is 0.235. The van der Waals surface area contributed by atoms with Gasteiger partial charge in [0.15, 0.2) is 0 Å². The highest BCUT2D eigenvalue weighted by Crippen LogP contribution is 2.36. The van der Waals surface area contributed by atoms with E-state index in [0.29, 0.717) is 12.3 Å². The third-order valence-electron chi connectivity index (χ3n) is 3.62. The van der Waals surface area contributed by atoms with E-state index in [2.05, 4.69) is 5.32 Å². The number of nitrogen functional groups attached to an aromatic ring is 1. The van der Waals surface area contributed by atoms with E-state index >= 15 is 0 Å². The minimum Gasteiger partial charge on any atom is -0.461 e. The molecular formula is C17H19ClN2O2. The summed E-state index contributed by atoms with van der Waals surface area (Å²) in [5.74, 6) is -0.223. The highest BCUT2D eigenvalue weighted by atomic mass is 35.5. The molecule has 3 N–H and O–H groups in total.